The number of phenols is 1. The van der Waals surface area contributed by atoms with Crippen LogP contribution in [0, 0.1) is 0 Å². The third-order valence-electron chi connectivity index (χ3n) is 2.57. The highest BCUT2D eigenvalue weighted by Gasteiger charge is 2.12. The van der Waals surface area contributed by atoms with Crippen LogP contribution in [0.25, 0.3) is 6.08 Å². The SMILES string of the molecule is C/C=C\c1ccc(OC(=O)c2ccccc2O)cc1. The molecule has 0 saturated carbocycles. The summed E-state index contributed by atoms with van der Waals surface area (Å²) >= 11 is 0. The molecule has 0 aliphatic heterocycles. The van der Waals surface area contributed by atoms with E-state index >= 15 is 0 Å². The van der Waals surface area contributed by atoms with Crippen LogP contribution in [-0.2, 0) is 0 Å². The monoisotopic (exact) mass is 254 g/mol. The topological polar surface area (TPSA) is 46.5 Å². The van der Waals surface area contributed by atoms with Crippen LogP contribution in [0.1, 0.15) is 22.8 Å². The van der Waals surface area contributed by atoms with E-state index in [1.54, 1.807) is 24.3 Å². The molecule has 0 radical (unpaired) electrons. The minimum Gasteiger partial charge on any atom is -0.507 e. The fourth-order valence-electron chi connectivity index (χ4n) is 1.65. The van der Waals surface area contributed by atoms with E-state index in [0.717, 1.165) is 5.56 Å². The number of benzene rings is 2. The molecule has 0 saturated heterocycles. The zero-order valence-electron chi connectivity index (χ0n) is 10.5. The highest BCUT2D eigenvalue weighted by atomic mass is 16.5. The van der Waals surface area contributed by atoms with Gasteiger partial charge in [0.1, 0.15) is 17.1 Å². The van der Waals surface area contributed by atoms with Gasteiger partial charge in [-0.05, 0) is 36.8 Å². The Morgan fingerprint density at radius 3 is 2.42 bits per heavy atom. The van der Waals surface area contributed by atoms with E-state index in [4.69, 9.17) is 4.74 Å². The number of phenolic OH excluding ortho intramolecular Hbond substituents is 1. The van der Waals surface area contributed by atoms with Gasteiger partial charge in [0.15, 0.2) is 0 Å². The summed E-state index contributed by atoms with van der Waals surface area (Å²) in [6.45, 7) is 1.94. The second-order valence-electron chi connectivity index (χ2n) is 3.98. The molecule has 2 aromatic rings. The molecule has 3 heteroatoms. The Labute approximate surface area is 111 Å². The lowest BCUT2D eigenvalue weighted by atomic mass is 10.2. The van der Waals surface area contributed by atoms with Crippen molar-refractivity contribution < 1.29 is 14.6 Å². The average Bonchev–Trinajstić information content (AvgIpc) is 2.42. The van der Waals surface area contributed by atoms with Crippen LogP contribution in [-0.4, -0.2) is 11.1 Å². The largest absolute Gasteiger partial charge is 0.507 e. The number of carbonyl (C=O) groups excluding carboxylic acids is 1. The van der Waals surface area contributed by atoms with Crippen molar-refractivity contribution in [1.82, 2.24) is 0 Å². The van der Waals surface area contributed by atoms with E-state index < -0.39 is 5.97 Å². The summed E-state index contributed by atoms with van der Waals surface area (Å²) in [4.78, 5) is 11.8. The maximum Gasteiger partial charge on any atom is 0.347 e. The third kappa shape index (κ3) is 3.22. The number of rotatable bonds is 3. The summed E-state index contributed by atoms with van der Waals surface area (Å²) in [5.41, 5.74) is 1.19. The molecule has 3 nitrogen and oxygen atoms in total. The molecule has 2 rings (SSSR count). The van der Waals surface area contributed by atoms with Crippen molar-refractivity contribution in [2.24, 2.45) is 0 Å². The highest BCUT2D eigenvalue weighted by Crippen LogP contribution is 2.19. The van der Waals surface area contributed by atoms with Crippen molar-refractivity contribution >= 4 is 12.0 Å². The van der Waals surface area contributed by atoms with Gasteiger partial charge in [0.25, 0.3) is 0 Å². The van der Waals surface area contributed by atoms with Gasteiger partial charge in [-0.1, -0.05) is 36.4 Å². The number of carbonyl (C=O) groups is 1. The van der Waals surface area contributed by atoms with Gasteiger partial charge in [-0.15, -0.1) is 0 Å². The molecule has 0 heterocycles. The van der Waals surface area contributed by atoms with Crippen molar-refractivity contribution in [2.45, 2.75) is 6.92 Å². The fraction of sp³-hybridized carbons (Fsp3) is 0.0625. The predicted molar refractivity (Wildman–Crippen MR) is 74.2 cm³/mol. The summed E-state index contributed by atoms with van der Waals surface area (Å²) in [7, 11) is 0. The molecular weight excluding hydrogens is 240 g/mol. The Morgan fingerprint density at radius 2 is 1.79 bits per heavy atom. The number of para-hydroxylation sites is 1. The van der Waals surface area contributed by atoms with Gasteiger partial charge in [-0.3, -0.25) is 0 Å². The predicted octanol–water partition coefficient (Wildman–Crippen LogP) is 3.64. The molecule has 0 atom stereocenters. The Morgan fingerprint density at radius 1 is 1.11 bits per heavy atom. The molecule has 0 amide bonds. The lowest BCUT2D eigenvalue weighted by molar-refractivity contribution is 0.0731. The van der Waals surface area contributed by atoms with E-state index in [0.29, 0.717) is 5.75 Å². The van der Waals surface area contributed by atoms with E-state index in [1.807, 2.05) is 31.2 Å². The molecule has 0 spiro atoms. The zero-order chi connectivity index (χ0) is 13.7. The molecule has 0 unspecified atom stereocenters. The van der Waals surface area contributed by atoms with Crippen LogP contribution in [0.3, 0.4) is 0 Å². The van der Waals surface area contributed by atoms with Crippen LogP contribution in [0.5, 0.6) is 11.5 Å². The molecule has 96 valence electrons. The van der Waals surface area contributed by atoms with Gasteiger partial charge in [0.2, 0.25) is 0 Å². The smallest absolute Gasteiger partial charge is 0.347 e. The van der Waals surface area contributed by atoms with E-state index in [2.05, 4.69) is 0 Å². The van der Waals surface area contributed by atoms with Gasteiger partial charge >= 0.3 is 5.97 Å². The van der Waals surface area contributed by atoms with Crippen LogP contribution < -0.4 is 4.74 Å². The molecule has 0 fully saturated rings. The lowest BCUT2D eigenvalue weighted by Gasteiger charge is -2.05. The van der Waals surface area contributed by atoms with Crippen LogP contribution in [0.15, 0.2) is 54.6 Å². The summed E-state index contributed by atoms with van der Waals surface area (Å²) in [6.07, 6.45) is 3.89. The minimum absolute atomic E-state index is 0.0852. The van der Waals surface area contributed by atoms with Crippen LogP contribution in [0.4, 0.5) is 0 Å². The van der Waals surface area contributed by atoms with Gasteiger partial charge in [-0.25, -0.2) is 4.79 Å². The molecule has 19 heavy (non-hydrogen) atoms. The Hall–Kier alpha value is -2.55. The summed E-state index contributed by atoms with van der Waals surface area (Å²) in [6, 6.07) is 13.4. The Kier molecular flexibility index (Phi) is 3.98. The van der Waals surface area contributed by atoms with E-state index in [9.17, 15) is 9.90 Å². The van der Waals surface area contributed by atoms with E-state index in [-0.39, 0.29) is 11.3 Å². The molecular formula is C16H14O3. The fourth-order valence-corrected chi connectivity index (χ4v) is 1.65. The summed E-state index contributed by atoms with van der Waals surface area (Å²) in [5.74, 6) is -0.212. The Bertz CT molecular complexity index is 598. The highest BCUT2D eigenvalue weighted by molar-refractivity contribution is 5.93. The van der Waals surface area contributed by atoms with Crippen LogP contribution in [0.2, 0.25) is 0 Å². The number of esters is 1. The van der Waals surface area contributed by atoms with Gasteiger partial charge < -0.3 is 9.84 Å². The van der Waals surface area contributed by atoms with Crippen molar-refractivity contribution in [3.63, 3.8) is 0 Å². The summed E-state index contributed by atoms with van der Waals surface area (Å²) in [5, 5.41) is 9.56. The number of allylic oxidation sites excluding steroid dienone is 1. The second-order valence-corrected chi connectivity index (χ2v) is 3.98. The first-order chi connectivity index (χ1) is 9.20. The number of ether oxygens (including phenoxy) is 1. The molecule has 0 aliphatic rings. The standard InChI is InChI=1S/C16H14O3/c1-2-5-12-8-10-13(11-9-12)19-16(18)14-6-3-4-7-15(14)17/h2-11,17H,1H3/b5-2-. The van der Waals surface area contributed by atoms with Crippen molar-refractivity contribution in [2.75, 3.05) is 0 Å². The minimum atomic E-state index is -0.572. The van der Waals surface area contributed by atoms with Gasteiger partial charge in [0.05, 0.1) is 0 Å². The Balaban J connectivity index is 2.13. The average molecular weight is 254 g/mol. The van der Waals surface area contributed by atoms with Crippen molar-refractivity contribution in [3.8, 4) is 11.5 Å². The molecule has 2 aromatic carbocycles. The number of hydrogen-bond donors (Lipinski definition) is 1. The van der Waals surface area contributed by atoms with Gasteiger partial charge in [0, 0.05) is 0 Å². The first-order valence-corrected chi connectivity index (χ1v) is 5.93. The molecule has 0 aromatic heterocycles. The first-order valence-electron chi connectivity index (χ1n) is 5.93. The van der Waals surface area contributed by atoms with E-state index in [1.165, 1.54) is 12.1 Å². The number of hydrogen-bond acceptors (Lipinski definition) is 3. The molecule has 1 N–H and O–H groups in total. The second kappa shape index (κ2) is 5.87. The van der Waals surface area contributed by atoms with Crippen molar-refractivity contribution in [3.05, 3.63) is 65.7 Å². The quantitative estimate of drug-likeness (QED) is 0.671. The van der Waals surface area contributed by atoms with Gasteiger partial charge in [-0.2, -0.15) is 0 Å². The molecule has 0 bridgehead atoms. The zero-order valence-corrected chi connectivity index (χ0v) is 10.5. The maximum absolute atomic E-state index is 11.8. The maximum atomic E-state index is 11.8. The number of aromatic hydroxyl groups is 1. The normalized spacial score (nSPS) is 10.6. The summed E-state index contributed by atoms with van der Waals surface area (Å²) < 4.78 is 5.19. The lowest BCUT2D eigenvalue weighted by Crippen LogP contribution is -2.08. The first kappa shape index (κ1) is 12.9. The van der Waals surface area contributed by atoms with Crippen LogP contribution >= 0.6 is 0 Å². The van der Waals surface area contributed by atoms with Crippen molar-refractivity contribution in [1.29, 1.82) is 0 Å². The molecule has 0 aliphatic carbocycles. The third-order valence-corrected chi connectivity index (χ3v) is 2.57.